The zero-order valence-electron chi connectivity index (χ0n) is 12.8. The summed E-state index contributed by atoms with van der Waals surface area (Å²) in [6.07, 6.45) is 1.01. The summed E-state index contributed by atoms with van der Waals surface area (Å²) in [5.74, 6) is -0.669. The number of nitrogens with one attached hydrogen (secondary N) is 1. The minimum atomic E-state index is -4.13. The molecule has 19 heavy (non-hydrogen) atoms. The fourth-order valence-corrected chi connectivity index (χ4v) is 3.42. The molecule has 5 nitrogen and oxygen atoms in total. The van der Waals surface area contributed by atoms with Gasteiger partial charge in [-0.1, -0.05) is 41.5 Å². The van der Waals surface area contributed by atoms with Crippen LogP contribution in [0.3, 0.4) is 0 Å². The Morgan fingerprint density at radius 3 is 2.00 bits per heavy atom. The van der Waals surface area contributed by atoms with Crippen molar-refractivity contribution >= 4 is 16.0 Å². The highest BCUT2D eigenvalue weighted by Crippen LogP contribution is 2.36. The van der Waals surface area contributed by atoms with Crippen LogP contribution in [0.4, 0.5) is 0 Å². The first-order valence-electron chi connectivity index (χ1n) is 6.51. The molecule has 0 unspecified atom stereocenters. The van der Waals surface area contributed by atoms with Gasteiger partial charge in [0.25, 0.3) is 10.1 Å². The first-order valence-corrected chi connectivity index (χ1v) is 8.12. The van der Waals surface area contributed by atoms with Crippen LogP contribution in [0.1, 0.15) is 54.4 Å². The van der Waals surface area contributed by atoms with Crippen LogP contribution in [-0.2, 0) is 14.9 Å². The highest BCUT2D eigenvalue weighted by Gasteiger charge is 2.36. The van der Waals surface area contributed by atoms with Crippen molar-refractivity contribution in [2.24, 2.45) is 10.8 Å². The van der Waals surface area contributed by atoms with Crippen molar-refractivity contribution in [3.05, 3.63) is 0 Å². The van der Waals surface area contributed by atoms with Gasteiger partial charge in [0.1, 0.15) is 0 Å². The second-order valence-corrected chi connectivity index (χ2v) is 8.45. The molecule has 1 amide bonds. The van der Waals surface area contributed by atoms with E-state index in [1.54, 1.807) is 6.92 Å². The summed E-state index contributed by atoms with van der Waals surface area (Å²) in [7, 11) is -4.13. The molecule has 0 bridgehead atoms. The summed E-state index contributed by atoms with van der Waals surface area (Å²) in [6.45, 7) is 11.7. The second-order valence-electron chi connectivity index (χ2n) is 6.95. The number of carbonyl (C=O) groups excluding carboxylic acids is 1. The third-order valence-electron chi connectivity index (χ3n) is 2.96. The molecule has 0 aromatic heterocycles. The number of amides is 1. The molecule has 6 heteroatoms. The molecule has 0 fully saturated rings. The van der Waals surface area contributed by atoms with Crippen LogP contribution in [0, 0.1) is 10.8 Å². The van der Waals surface area contributed by atoms with Crippen LogP contribution >= 0.6 is 0 Å². The Bertz CT molecular complexity index is 407. The molecular formula is C13H27NO4S. The Kier molecular flexibility index (Phi) is 6.02. The van der Waals surface area contributed by atoms with Gasteiger partial charge in [0.05, 0.1) is 11.8 Å². The van der Waals surface area contributed by atoms with Gasteiger partial charge in [-0.2, -0.15) is 8.42 Å². The maximum Gasteiger partial charge on any atom is 0.266 e. The van der Waals surface area contributed by atoms with Crippen LogP contribution in [0.25, 0.3) is 0 Å². The van der Waals surface area contributed by atoms with Gasteiger partial charge in [0, 0.05) is 6.42 Å². The van der Waals surface area contributed by atoms with Crippen molar-refractivity contribution in [1.82, 2.24) is 5.32 Å². The van der Waals surface area contributed by atoms with Gasteiger partial charge in [-0.05, 0) is 17.3 Å². The van der Waals surface area contributed by atoms with E-state index in [-0.39, 0.29) is 17.7 Å². The zero-order chi connectivity index (χ0) is 15.5. The van der Waals surface area contributed by atoms with E-state index in [1.807, 2.05) is 13.8 Å². The van der Waals surface area contributed by atoms with Gasteiger partial charge in [0.15, 0.2) is 0 Å². The highest BCUT2D eigenvalue weighted by molar-refractivity contribution is 7.85. The number of rotatable bonds is 6. The van der Waals surface area contributed by atoms with Gasteiger partial charge < -0.3 is 5.32 Å². The number of carbonyl (C=O) groups is 1. The van der Waals surface area contributed by atoms with E-state index in [4.69, 9.17) is 4.55 Å². The predicted molar refractivity (Wildman–Crippen MR) is 76.5 cm³/mol. The Hall–Kier alpha value is -0.620. The standard InChI is InChI=1S/C13H27NO4S/c1-7-11(15)14-10(8-19(16,17)18)13(5,6)9-12(2,3)4/h10H,7-9H2,1-6H3,(H,14,15)(H,16,17,18)/t10-/m0/s1. The Morgan fingerprint density at radius 2 is 1.68 bits per heavy atom. The average Bonchev–Trinajstić information content (AvgIpc) is 2.10. The topological polar surface area (TPSA) is 83.5 Å². The van der Waals surface area contributed by atoms with Gasteiger partial charge in [-0.15, -0.1) is 0 Å². The van der Waals surface area contributed by atoms with Crippen LogP contribution in [0.5, 0.6) is 0 Å². The number of hydrogen-bond acceptors (Lipinski definition) is 3. The molecule has 0 heterocycles. The van der Waals surface area contributed by atoms with E-state index in [0.717, 1.165) is 6.42 Å². The van der Waals surface area contributed by atoms with Crippen LogP contribution < -0.4 is 5.32 Å². The lowest BCUT2D eigenvalue weighted by Crippen LogP contribution is -2.50. The van der Waals surface area contributed by atoms with Crippen LogP contribution in [-0.4, -0.2) is 30.7 Å². The van der Waals surface area contributed by atoms with Crippen molar-refractivity contribution in [2.45, 2.75) is 60.4 Å². The van der Waals surface area contributed by atoms with Gasteiger partial charge >= 0.3 is 0 Å². The fraction of sp³-hybridized carbons (Fsp3) is 0.923. The summed E-state index contributed by atoms with van der Waals surface area (Å²) >= 11 is 0. The van der Waals surface area contributed by atoms with Crippen molar-refractivity contribution in [1.29, 1.82) is 0 Å². The maximum absolute atomic E-state index is 11.5. The van der Waals surface area contributed by atoms with Gasteiger partial charge in [-0.25, -0.2) is 0 Å². The van der Waals surface area contributed by atoms with E-state index in [2.05, 4.69) is 26.1 Å². The quantitative estimate of drug-likeness (QED) is 0.736. The summed E-state index contributed by atoms with van der Waals surface area (Å²) < 4.78 is 31.3. The van der Waals surface area contributed by atoms with Gasteiger partial charge in [0.2, 0.25) is 5.91 Å². The molecule has 0 radical (unpaired) electrons. The number of hydrogen-bond donors (Lipinski definition) is 2. The molecule has 114 valence electrons. The molecule has 0 aromatic carbocycles. The van der Waals surface area contributed by atoms with E-state index < -0.39 is 27.3 Å². The Morgan fingerprint density at radius 1 is 1.21 bits per heavy atom. The molecule has 0 aliphatic carbocycles. The molecule has 2 N–H and O–H groups in total. The second kappa shape index (κ2) is 6.22. The largest absolute Gasteiger partial charge is 0.352 e. The van der Waals surface area contributed by atoms with Gasteiger partial charge in [-0.3, -0.25) is 9.35 Å². The lowest BCUT2D eigenvalue weighted by atomic mass is 9.72. The summed E-state index contributed by atoms with van der Waals surface area (Å²) in [5.41, 5.74) is -0.434. The third kappa shape index (κ3) is 8.21. The summed E-state index contributed by atoms with van der Waals surface area (Å²) in [5, 5.41) is 2.71. The Labute approximate surface area is 116 Å². The molecule has 0 aliphatic heterocycles. The molecular weight excluding hydrogens is 266 g/mol. The molecule has 0 saturated carbocycles. The van der Waals surface area contributed by atoms with Crippen molar-refractivity contribution in [2.75, 3.05) is 5.75 Å². The first kappa shape index (κ1) is 18.4. The minimum Gasteiger partial charge on any atom is -0.352 e. The van der Waals surface area contributed by atoms with Crippen LogP contribution in [0.2, 0.25) is 0 Å². The minimum absolute atomic E-state index is 0.00207. The smallest absolute Gasteiger partial charge is 0.266 e. The first-order chi connectivity index (χ1) is 8.27. The lowest BCUT2D eigenvalue weighted by molar-refractivity contribution is -0.122. The predicted octanol–water partition coefficient (Wildman–Crippen LogP) is 2.23. The lowest BCUT2D eigenvalue weighted by Gasteiger charge is -2.39. The van der Waals surface area contributed by atoms with Crippen LogP contribution in [0.15, 0.2) is 0 Å². The highest BCUT2D eigenvalue weighted by atomic mass is 32.2. The normalized spacial score (nSPS) is 15.1. The molecule has 1 atom stereocenters. The van der Waals surface area contributed by atoms with E-state index >= 15 is 0 Å². The van der Waals surface area contributed by atoms with Crippen molar-refractivity contribution in [3.8, 4) is 0 Å². The average molecular weight is 293 g/mol. The zero-order valence-corrected chi connectivity index (χ0v) is 13.6. The maximum atomic E-state index is 11.5. The molecule has 0 aromatic rings. The summed E-state index contributed by atoms with van der Waals surface area (Å²) in [4.78, 5) is 11.5. The molecule has 0 spiro atoms. The third-order valence-corrected chi connectivity index (χ3v) is 3.72. The fourth-order valence-electron chi connectivity index (χ4n) is 2.46. The van der Waals surface area contributed by atoms with E-state index in [0.29, 0.717) is 0 Å². The molecule has 0 aliphatic rings. The van der Waals surface area contributed by atoms with Crippen molar-refractivity contribution < 1.29 is 17.8 Å². The monoisotopic (exact) mass is 293 g/mol. The molecule has 0 saturated heterocycles. The summed E-state index contributed by atoms with van der Waals surface area (Å²) in [6, 6.07) is -0.603. The SMILES string of the molecule is CCC(=O)N[C@@H](CS(=O)(=O)O)C(C)(C)CC(C)(C)C. The molecule has 0 rings (SSSR count). The van der Waals surface area contributed by atoms with E-state index in [1.165, 1.54) is 0 Å². The Balaban J connectivity index is 5.15. The van der Waals surface area contributed by atoms with Crippen molar-refractivity contribution in [3.63, 3.8) is 0 Å². The van der Waals surface area contributed by atoms with E-state index in [9.17, 15) is 13.2 Å².